The molecule has 1 saturated carbocycles. The highest BCUT2D eigenvalue weighted by molar-refractivity contribution is 5.89. The molecule has 9 heteroatoms. The summed E-state index contributed by atoms with van der Waals surface area (Å²) in [7, 11) is 0. The van der Waals surface area contributed by atoms with Gasteiger partial charge in [0.2, 0.25) is 0 Å². The van der Waals surface area contributed by atoms with E-state index in [0.717, 1.165) is 19.0 Å². The first-order valence-electron chi connectivity index (χ1n) is 7.61. The van der Waals surface area contributed by atoms with Crippen LogP contribution in [0.3, 0.4) is 0 Å². The second kappa shape index (κ2) is 6.21. The minimum absolute atomic E-state index is 0.0319. The molecule has 2 amide bonds. The molecule has 0 radical (unpaired) electrons. The highest BCUT2D eigenvalue weighted by atomic mass is 19.3. The summed E-state index contributed by atoms with van der Waals surface area (Å²) in [5.41, 5.74) is -0.847. The van der Waals surface area contributed by atoms with Gasteiger partial charge in [-0.3, -0.25) is 10.1 Å². The van der Waals surface area contributed by atoms with Crippen LogP contribution in [0, 0.1) is 11.3 Å². The number of hydrogen-bond donors (Lipinski definition) is 2. The average molecular weight is 341 g/mol. The molecule has 0 bridgehead atoms. The smallest absolute Gasteiger partial charge is 0.387 e. The quantitative estimate of drug-likeness (QED) is 0.877. The Morgan fingerprint density at radius 2 is 2.25 bits per heavy atom. The Hall–Kier alpha value is -2.45. The molecular formula is C15H17F2N3O4. The van der Waals surface area contributed by atoms with Gasteiger partial charge in [-0.1, -0.05) is 6.42 Å². The third-order valence-electron chi connectivity index (χ3n) is 4.78. The minimum atomic E-state index is -2.94. The lowest BCUT2D eigenvalue weighted by atomic mass is 9.81. The van der Waals surface area contributed by atoms with Crippen molar-refractivity contribution in [2.45, 2.75) is 25.9 Å². The number of ether oxygens (including phenoxy) is 1. The Labute approximate surface area is 136 Å². The maximum Gasteiger partial charge on any atom is 0.387 e. The van der Waals surface area contributed by atoms with Gasteiger partial charge in [0.1, 0.15) is 11.6 Å². The van der Waals surface area contributed by atoms with Crippen molar-refractivity contribution in [1.82, 2.24) is 9.88 Å². The van der Waals surface area contributed by atoms with E-state index in [9.17, 15) is 23.5 Å². The van der Waals surface area contributed by atoms with Gasteiger partial charge >= 0.3 is 18.6 Å². The zero-order valence-electron chi connectivity index (χ0n) is 12.7. The van der Waals surface area contributed by atoms with E-state index in [0.29, 0.717) is 13.0 Å². The van der Waals surface area contributed by atoms with Gasteiger partial charge in [0.05, 0.1) is 11.6 Å². The molecule has 1 saturated heterocycles. The molecule has 2 fully saturated rings. The average Bonchev–Trinajstić information content (AvgIpc) is 3.06. The number of anilines is 1. The fourth-order valence-corrected chi connectivity index (χ4v) is 3.61. The van der Waals surface area contributed by atoms with Crippen molar-refractivity contribution >= 4 is 17.8 Å². The highest BCUT2D eigenvalue weighted by Crippen LogP contribution is 2.48. The molecule has 0 unspecified atom stereocenters. The number of likely N-dealkylation sites (tertiary alicyclic amines) is 1. The number of amides is 2. The first kappa shape index (κ1) is 16.4. The van der Waals surface area contributed by atoms with E-state index in [1.807, 2.05) is 0 Å². The normalized spacial score (nSPS) is 25.6. The van der Waals surface area contributed by atoms with Crippen LogP contribution in [0.1, 0.15) is 19.3 Å². The lowest BCUT2D eigenvalue weighted by molar-refractivity contribution is -0.149. The molecule has 3 rings (SSSR count). The SMILES string of the molecule is O=C(Nc1ccc(OC(F)F)cn1)N1C[C@@H]2CCC[C@@]2(C(=O)O)C1. The molecule has 0 aromatic carbocycles. The molecule has 24 heavy (non-hydrogen) atoms. The Morgan fingerprint density at radius 1 is 1.46 bits per heavy atom. The van der Waals surface area contributed by atoms with Gasteiger partial charge in [0, 0.05) is 13.1 Å². The number of aliphatic carboxylic acids is 1. The summed E-state index contributed by atoms with van der Waals surface area (Å²) in [6.45, 7) is -2.38. The van der Waals surface area contributed by atoms with Crippen molar-refractivity contribution in [2.75, 3.05) is 18.4 Å². The van der Waals surface area contributed by atoms with E-state index in [2.05, 4.69) is 15.0 Å². The second-order valence-electron chi connectivity index (χ2n) is 6.12. The van der Waals surface area contributed by atoms with Crippen LogP contribution >= 0.6 is 0 Å². The number of nitrogens with zero attached hydrogens (tertiary/aromatic N) is 2. The van der Waals surface area contributed by atoms with Crippen LogP contribution in [0.5, 0.6) is 5.75 Å². The third-order valence-corrected chi connectivity index (χ3v) is 4.78. The van der Waals surface area contributed by atoms with Crippen molar-refractivity contribution in [3.8, 4) is 5.75 Å². The topological polar surface area (TPSA) is 91.8 Å². The minimum Gasteiger partial charge on any atom is -0.481 e. The molecular weight excluding hydrogens is 324 g/mol. The lowest BCUT2D eigenvalue weighted by Gasteiger charge is -2.23. The van der Waals surface area contributed by atoms with Gasteiger partial charge in [-0.05, 0) is 30.9 Å². The van der Waals surface area contributed by atoms with Crippen LogP contribution < -0.4 is 10.1 Å². The second-order valence-corrected chi connectivity index (χ2v) is 6.12. The van der Waals surface area contributed by atoms with Crippen molar-refractivity contribution in [3.05, 3.63) is 18.3 Å². The molecule has 7 nitrogen and oxygen atoms in total. The number of rotatable bonds is 4. The van der Waals surface area contributed by atoms with E-state index < -0.39 is 24.0 Å². The fourth-order valence-electron chi connectivity index (χ4n) is 3.61. The number of hydrogen-bond acceptors (Lipinski definition) is 4. The predicted molar refractivity (Wildman–Crippen MR) is 78.9 cm³/mol. The monoisotopic (exact) mass is 341 g/mol. The summed E-state index contributed by atoms with van der Waals surface area (Å²) in [5.74, 6) is -0.811. The number of halogens is 2. The third kappa shape index (κ3) is 2.98. The number of carboxylic acids is 1. The number of pyridine rings is 1. The van der Waals surface area contributed by atoms with Crippen LogP contribution in [0.15, 0.2) is 18.3 Å². The van der Waals surface area contributed by atoms with E-state index in [-0.39, 0.29) is 24.0 Å². The number of carbonyl (C=O) groups is 2. The summed E-state index contributed by atoms with van der Waals surface area (Å²) in [4.78, 5) is 29.2. The van der Waals surface area contributed by atoms with Crippen LogP contribution in [0.4, 0.5) is 19.4 Å². The van der Waals surface area contributed by atoms with E-state index in [1.54, 1.807) is 0 Å². The maximum atomic E-state index is 12.3. The Bertz CT molecular complexity index is 640. The Balaban J connectivity index is 1.63. The van der Waals surface area contributed by atoms with E-state index in [4.69, 9.17) is 0 Å². The summed E-state index contributed by atoms with van der Waals surface area (Å²) < 4.78 is 28.3. The molecule has 1 aliphatic carbocycles. The van der Waals surface area contributed by atoms with Crippen LogP contribution in [0.2, 0.25) is 0 Å². The van der Waals surface area contributed by atoms with Gasteiger partial charge in [0.15, 0.2) is 0 Å². The molecule has 2 heterocycles. The summed E-state index contributed by atoms with van der Waals surface area (Å²) in [5, 5.41) is 12.1. The standard InChI is InChI=1S/C15H17F2N3O4/c16-13(17)24-10-3-4-11(18-6-10)19-14(23)20-7-9-2-1-5-15(9,8-20)12(21)22/h3-4,6,9,13H,1-2,5,7-8H2,(H,21,22)(H,18,19,23)/t9-,15+/m0/s1. The molecule has 1 aromatic heterocycles. The Kier molecular flexibility index (Phi) is 4.25. The van der Waals surface area contributed by atoms with Crippen molar-refractivity contribution in [2.24, 2.45) is 11.3 Å². The van der Waals surface area contributed by atoms with Crippen molar-refractivity contribution < 1.29 is 28.2 Å². The largest absolute Gasteiger partial charge is 0.481 e. The van der Waals surface area contributed by atoms with E-state index >= 15 is 0 Å². The summed E-state index contributed by atoms with van der Waals surface area (Å²) >= 11 is 0. The van der Waals surface area contributed by atoms with Crippen molar-refractivity contribution in [1.29, 1.82) is 0 Å². The van der Waals surface area contributed by atoms with E-state index in [1.165, 1.54) is 17.0 Å². The molecule has 130 valence electrons. The highest BCUT2D eigenvalue weighted by Gasteiger charge is 2.55. The predicted octanol–water partition coefficient (Wildman–Crippen LogP) is 2.40. The van der Waals surface area contributed by atoms with Crippen LogP contribution in [-0.4, -0.2) is 46.7 Å². The zero-order valence-corrected chi connectivity index (χ0v) is 12.7. The van der Waals surface area contributed by atoms with Gasteiger partial charge in [-0.2, -0.15) is 8.78 Å². The van der Waals surface area contributed by atoms with Gasteiger partial charge < -0.3 is 14.7 Å². The molecule has 2 aliphatic rings. The van der Waals surface area contributed by atoms with Gasteiger partial charge in [-0.15, -0.1) is 0 Å². The lowest BCUT2D eigenvalue weighted by Crippen LogP contribution is -2.38. The van der Waals surface area contributed by atoms with Crippen LogP contribution in [0.25, 0.3) is 0 Å². The molecule has 2 atom stereocenters. The van der Waals surface area contributed by atoms with Crippen LogP contribution in [-0.2, 0) is 4.79 Å². The molecule has 0 spiro atoms. The van der Waals surface area contributed by atoms with Gasteiger partial charge in [-0.25, -0.2) is 9.78 Å². The first-order valence-corrected chi connectivity index (χ1v) is 7.61. The molecule has 1 aliphatic heterocycles. The number of fused-ring (bicyclic) bond motifs is 1. The number of urea groups is 1. The maximum absolute atomic E-state index is 12.3. The first-order chi connectivity index (χ1) is 11.4. The summed E-state index contributed by atoms with van der Waals surface area (Å²) in [6, 6.07) is 2.17. The number of nitrogens with one attached hydrogen (secondary N) is 1. The number of alkyl halides is 2. The molecule has 2 N–H and O–H groups in total. The van der Waals surface area contributed by atoms with Crippen molar-refractivity contribution in [3.63, 3.8) is 0 Å². The Morgan fingerprint density at radius 3 is 2.83 bits per heavy atom. The summed E-state index contributed by atoms with van der Waals surface area (Å²) in [6.07, 6.45) is 3.32. The number of carbonyl (C=O) groups excluding carboxylic acids is 1. The fraction of sp³-hybridized carbons (Fsp3) is 0.533. The molecule has 1 aromatic rings. The van der Waals surface area contributed by atoms with Gasteiger partial charge in [0.25, 0.3) is 0 Å². The number of aromatic nitrogens is 1. The zero-order chi connectivity index (χ0) is 17.3. The number of carboxylic acid groups (broad SMARTS) is 1.